The SMILES string of the molecule is CC(C)CC[C@]1(CC(=O)Nc2cncs2)CCO[C@H](C(C)C)C1. The van der Waals surface area contributed by atoms with Crippen LogP contribution in [0.3, 0.4) is 0 Å². The lowest BCUT2D eigenvalue weighted by Crippen LogP contribution is -2.40. The highest BCUT2D eigenvalue weighted by Crippen LogP contribution is 2.43. The molecule has 0 aliphatic carbocycles. The van der Waals surface area contributed by atoms with E-state index < -0.39 is 0 Å². The zero-order valence-electron chi connectivity index (χ0n) is 14.8. The van der Waals surface area contributed by atoms with Gasteiger partial charge in [0.05, 0.1) is 17.8 Å². The molecule has 0 aromatic carbocycles. The van der Waals surface area contributed by atoms with Gasteiger partial charge in [0.1, 0.15) is 5.00 Å². The molecule has 1 aromatic heterocycles. The Balaban J connectivity index is 2.04. The van der Waals surface area contributed by atoms with Crippen LogP contribution in [0.15, 0.2) is 11.7 Å². The van der Waals surface area contributed by atoms with Gasteiger partial charge in [0.25, 0.3) is 0 Å². The molecular weight excluding hydrogens is 308 g/mol. The Morgan fingerprint density at radius 3 is 2.87 bits per heavy atom. The van der Waals surface area contributed by atoms with Crippen LogP contribution in [0.5, 0.6) is 0 Å². The van der Waals surface area contributed by atoms with Crippen molar-refractivity contribution >= 4 is 22.2 Å². The van der Waals surface area contributed by atoms with Crippen molar-refractivity contribution in [2.75, 3.05) is 11.9 Å². The zero-order valence-corrected chi connectivity index (χ0v) is 15.6. The minimum atomic E-state index is 0.0756. The van der Waals surface area contributed by atoms with Gasteiger partial charge in [-0.25, -0.2) is 0 Å². The Hall–Kier alpha value is -0.940. The van der Waals surface area contributed by atoms with Gasteiger partial charge in [0.2, 0.25) is 5.91 Å². The van der Waals surface area contributed by atoms with Crippen molar-refractivity contribution in [3.63, 3.8) is 0 Å². The standard InChI is InChI=1S/C18H30N2O2S/c1-13(2)5-6-18(7-8-22-15(9-18)14(3)4)10-16(21)20-17-11-19-12-23-17/h11-15H,5-10H2,1-4H3,(H,20,21)/t15-,18-/m0/s1. The summed E-state index contributed by atoms with van der Waals surface area (Å²) in [6.45, 7) is 9.70. The highest BCUT2D eigenvalue weighted by atomic mass is 32.1. The van der Waals surface area contributed by atoms with Crippen molar-refractivity contribution in [1.82, 2.24) is 4.98 Å². The lowest BCUT2D eigenvalue weighted by molar-refractivity contribution is -0.124. The predicted octanol–water partition coefficient (Wildman–Crippen LogP) is 4.73. The second-order valence-corrected chi connectivity index (χ2v) is 8.52. The van der Waals surface area contributed by atoms with E-state index in [1.807, 2.05) is 0 Å². The number of hydrogen-bond acceptors (Lipinski definition) is 4. The van der Waals surface area contributed by atoms with Crippen molar-refractivity contribution < 1.29 is 9.53 Å². The Bertz CT molecular complexity index is 487. The summed E-state index contributed by atoms with van der Waals surface area (Å²) < 4.78 is 5.95. The molecule has 1 aromatic rings. The number of anilines is 1. The molecule has 0 bridgehead atoms. The van der Waals surface area contributed by atoms with E-state index in [9.17, 15) is 4.79 Å². The number of aromatic nitrogens is 1. The Kier molecular flexibility index (Phi) is 6.60. The normalized spacial score (nSPS) is 25.0. The molecule has 1 aliphatic rings. The summed E-state index contributed by atoms with van der Waals surface area (Å²) in [6.07, 6.45) is 6.82. The quantitative estimate of drug-likeness (QED) is 0.782. The van der Waals surface area contributed by atoms with E-state index in [1.54, 1.807) is 11.7 Å². The van der Waals surface area contributed by atoms with Crippen molar-refractivity contribution in [1.29, 1.82) is 0 Å². The van der Waals surface area contributed by atoms with Crippen LogP contribution in [0.1, 0.15) is 59.8 Å². The number of nitrogens with one attached hydrogen (secondary N) is 1. The second kappa shape index (κ2) is 8.25. The van der Waals surface area contributed by atoms with Crippen LogP contribution < -0.4 is 5.32 Å². The van der Waals surface area contributed by atoms with Gasteiger partial charge in [-0.05, 0) is 36.5 Å². The summed E-state index contributed by atoms with van der Waals surface area (Å²) in [7, 11) is 0. The molecule has 0 unspecified atom stereocenters. The first kappa shape index (κ1) is 18.4. The van der Waals surface area contributed by atoms with Crippen molar-refractivity contribution in [2.45, 2.75) is 65.9 Å². The minimum Gasteiger partial charge on any atom is -0.378 e. The van der Waals surface area contributed by atoms with Gasteiger partial charge >= 0.3 is 0 Å². The maximum absolute atomic E-state index is 12.5. The fourth-order valence-corrected chi connectivity index (χ4v) is 3.84. The first-order valence-corrected chi connectivity index (χ1v) is 9.58. The van der Waals surface area contributed by atoms with Gasteiger partial charge in [-0.1, -0.05) is 34.1 Å². The van der Waals surface area contributed by atoms with Crippen molar-refractivity contribution in [3.8, 4) is 0 Å². The fourth-order valence-electron chi connectivity index (χ4n) is 3.31. The molecule has 0 saturated carbocycles. The Morgan fingerprint density at radius 2 is 2.26 bits per heavy atom. The molecule has 1 aliphatic heterocycles. The number of nitrogens with zero attached hydrogens (tertiary/aromatic N) is 1. The molecule has 1 amide bonds. The third-order valence-electron chi connectivity index (χ3n) is 4.82. The molecule has 23 heavy (non-hydrogen) atoms. The number of rotatable bonds is 7. The van der Waals surface area contributed by atoms with Crippen LogP contribution in [0.4, 0.5) is 5.00 Å². The van der Waals surface area contributed by atoms with Crippen molar-refractivity contribution in [2.24, 2.45) is 17.3 Å². The Labute approximate surface area is 144 Å². The van der Waals surface area contributed by atoms with Gasteiger partial charge in [-0.3, -0.25) is 9.78 Å². The molecule has 2 atom stereocenters. The lowest BCUT2D eigenvalue weighted by Gasteiger charge is -2.42. The molecule has 1 saturated heterocycles. The topological polar surface area (TPSA) is 51.2 Å². The van der Waals surface area contributed by atoms with Crippen LogP contribution >= 0.6 is 11.3 Å². The first-order valence-electron chi connectivity index (χ1n) is 8.70. The molecular formula is C18H30N2O2S. The summed E-state index contributed by atoms with van der Waals surface area (Å²) in [6, 6.07) is 0. The monoisotopic (exact) mass is 338 g/mol. The van der Waals surface area contributed by atoms with Gasteiger partial charge < -0.3 is 10.1 Å². The summed E-state index contributed by atoms with van der Waals surface area (Å²) in [5, 5.41) is 3.84. The van der Waals surface area contributed by atoms with E-state index in [0.717, 1.165) is 30.9 Å². The van der Waals surface area contributed by atoms with Crippen LogP contribution in [-0.2, 0) is 9.53 Å². The summed E-state index contributed by atoms with van der Waals surface area (Å²) in [5.41, 5.74) is 1.82. The highest BCUT2D eigenvalue weighted by molar-refractivity contribution is 7.13. The maximum Gasteiger partial charge on any atom is 0.225 e. The van der Waals surface area contributed by atoms with E-state index >= 15 is 0 Å². The number of ether oxygens (including phenoxy) is 1. The third kappa shape index (κ3) is 5.57. The summed E-state index contributed by atoms with van der Waals surface area (Å²) >= 11 is 1.47. The molecule has 5 heteroatoms. The molecule has 130 valence electrons. The van der Waals surface area contributed by atoms with E-state index in [-0.39, 0.29) is 17.4 Å². The average Bonchev–Trinajstić information content (AvgIpc) is 2.98. The van der Waals surface area contributed by atoms with Gasteiger partial charge in [-0.2, -0.15) is 0 Å². The molecule has 4 nitrogen and oxygen atoms in total. The van der Waals surface area contributed by atoms with E-state index in [4.69, 9.17) is 4.74 Å². The fraction of sp³-hybridized carbons (Fsp3) is 0.778. The molecule has 2 rings (SSSR count). The first-order chi connectivity index (χ1) is 10.9. The summed E-state index contributed by atoms with van der Waals surface area (Å²) in [4.78, 5) is 16.5. The molecule has 1 fully saturated rings. The zero-order chi connectivity index (χ0) is 16.9. The van der Waals surface area contributed by atoms with Crippen LogP contribution in [0, 0.1) is 17.3 Å². The lowest BCUT2D eigenvalue weighted by atomic mass is 9.69. The summed E-state index contributed by atoms with van der Waals surface area (Å²) in [5.74, 6) is 1.28. The predicted molar refractivity (Wildman–Crippen MR) is 95.7 cm³/mol. The Morgan fingerprint density at radius 1 is 1.48 bits per heavy atom. The number of hydrogen-bond donors (Lipinski definition) is 1. The van der Waals surface area contributed by atoms with Gasteiger partial charge in [-0.15, -0.1) is 11.3 Å². The minimum absolute atomic E-state index is 0.0756. The molecule has 0 radical (unpaired) electrons. The smallest absolute Gasteiger partial charge is 0.225 e. The van der Waals surface area contributed by atoms with Crippen molar-refractivity contribution in [3.05, 3.63) is 11.7 Å². The maximum atomic E-state index is 12.5. The van der Waals surface area contributed by atoms with Gasteiger partial charge in [0.15, 0.2) is 0 Å². The number of carbonyl (C=O) groups excluding carboxylic acids is 1. The van der Waals surface area contributed by atoms with Crippen LogP contribution in [0.25, 0.3) is 0 Å². The molecule has 0 spiro atoms. The number of carbonyl (C=O) groups is 1. The largest absolute Gasteiger partial charge is 0.378 e. The van der Waals surface area contributed by atoms with Crippen LogP contribution in [-0.4, -0.2) is 23.6 Å². The van der Waals surface area contributed by atoms with E-state index in [2.05, 4.69) is 38.0 Å². The third-order valence-corrected chi connectivity index (χ3v) is 5.51. The van der Waals surface area contributed by atoms with E-state index in [0.29, 0.717) is 18.3 Å². The van der Waals surface area contributed by atoms with E-state index in [1.165, 1.54) is 17.8 Å². The molecule has 2 heterocycles. The average molecular weight is 339 g/mol. The number of thiazole rings is 1. The molecule has 1 N–H and O–H groups in total. The highest BCUT2D eigenvalue weighted by Gasteiger charge is 2.39. The number of amides is 1. The second-order valence-electron chi connectivity index (χ2n) is 7.63. The van der Waals surface area contributed by atoms with Crippen LogP contribution in [0.2, 0.25) is 0 Å². The van der Waals surface area contributed by atoms with Gasteiger partial charge in [0, 0.05) is 13.0 Å².